The highest BCUT2D eigenvalue weighted by atomic mass is 32.2. The van der Waals surface area contributed by atoms with Crippen LogP contribution in [0.3, 0.4) is 0 Å². The molecule has 0 radical (unpaired) electrons. The Hall–Kier alpha value is -2.02. The van der Waals surface area contributed by atoms with Crippen LogP contribution in [0, 0.1) is 6.92 Å². The summed E-state index contributed by atoms with van der Waals surface area (Å²) in [5.41, 5.74) is 0.572. The average molecular weight is 293 g/mol. The van der Waals surface area contributed by atoms with Gasteiger partial charge in [0.1, 0.15) is 5.82 Å². The molecule has 0 spiro atoms. The minimum Gasteiger partial charge on any atom is -0.493 e. The van der Waals surface area contributed by atoms with Crippen molar-refractivity contribution in [3.8, 4) is 11.5 Å². The van der Waals surface area contributed by atoms with Crippen molar-refractivity contribution in [2.45, 2.75) is 12.1 Å². The molecule has 0 aliphatic heterocycles. The van der Waals surface area contributed by atoms with Crippen molar-refractivity contribution in [2.75, 3.05) is 20.0 Å². The van der Waals surface area contributed by atoms with Crippen LogP contribution >= 0.6 is 11.8 Å². The van der Waals surface area contributed by atoms with E-state index in [9.17, 15) is 4.79 Å². The van der Waals surface area contributed by atoms with Gasteiger partial charge in [-0.2, -0.15) is 0 Å². The van der Waals surface area contributed by atoms with Gasteiger partial charge in [-0.15, -0.1) is 5.10 Å². The van der Waals surface area contributed by atoms with Crippen molar-refractivity contribution in [3.05, 3.63) is 29.6 Å². The maximum Gasteiger partial charge on any atom is 0.208 e. The second kappa shape index (κ2) is 6.42. The van der Waals surface area contributed by atoms with E-state index < -0.39 is 0 Å². The number of aryl methyl sites for hydroxylation is 1. The maximum absolute atomic E-state index is 12.1. The summed E-state index contributed by atoms with van der Waals surface area (Å²) in [6.07, 6.45) is 0. The number of aromatic nitrogens is 3. The first kappa shape index (κ1) is 14.4. The van der Waals surface area contributed by atoms with E-state index in [0.29, 0.717) is 22.2 Å². The molecule has 106 valence electrons. The Balaban J connectivity index is 2.05. The number of aromatic amines is 1. The minimum absolute atomic E-state index is 0.0154. The van der Waals surface area contributed by atoms with Crippen LogP contribution in [0.5, 0.6) is 11.5 Å². The molecule has 2 aromatic rings. The third-order valence-electron chi connectivity index (χ3n) is 2.61. The van der Waals surface area contributed by atoms with Crippen LogP contribution in [0.15, 0.2) is 23.4 Å². The molecular formula is C13H15N3O3S. The Morgan fingerprint density at radius 3 is 2.65 bits per heavy atom. The van der Waals surface area contributed by atoms with Crippen LogP contribution in [0.25, 0.3) is 0 Å². The number of rotatable bonds is 6. The lowest BCUT2D eigenvalue weighted by Crippen LogP contribution is -2.03. The molecular weight excluding hydrogens is 278 g/mol. The SMILES string of the molecule is COc1ccc(C(=O)CSc2n[nH]c(C)n2)cc1OC. The summed E-state index contributed by atoms with van der Waals surface area (Å²) >= 11 is 1.29. The Bertz CT molecular complexity index is 613. The summed E-state index contributed by atoms with van der Waals surface area (Å²) in [5, 5.41) is 7.27. The van der Waals surface area contributed by atoms with E-state index in [2.05, 4.69) is 15.2 Å². The number of Topliss-reactive ketones (excluding diaryl/α,β-unsaturated/α-hetero) is 1. The van der Waals surface area contributed by atoms with Gasteiger partial charge in [-0.1, -0.05) is 11.8 Å². The van der Waals surface area contributed by atoms with Gasteiger partial charge in [0.15, 0.2) is 17.3 Å². The van der Waals surface area contributed by atoms with Crippen molar-refractivity contribution in [3.63, 3.8) is 0 Å². The highest BCUT2D eigenvalue weighted by Gasteiger charge is 2.12. The molecule has 1 N–H and O–H groups in total. The zero-order valence-corrected chi connectivity index (χ0v) is 12.3. The summed E-state index contributed by atoms with van der Waals surface area (Å²) < 4.78 is 10.3. The van der Waals surface area contributed by atoms with Gasteiger partial charge in [0.2, 0.25) is 5.16 Å². The molecule has 1 aromatic heterocycles. The topological polar surface area (TPSA) is 77.1 Å². The van der Waals surface area contributed by atoms with Crippen molar-refractivity contribution in [1.29, 1.82) is 0 Å². The van der Waals surface area contributed by atoms with E-state index in [1.165, 1.54) is 18.9 Å². The van der Waals surface area contributed by atoms with Gasteiger partial charge in [-0.25, -0.2) is 4.98 Å². The van der Waals surface area contributed by atoms with Gasteiger partial charge in [0.05, 0.1) is 20.0 Å². The molecule has 6 nitrogen and oxygen atoms in total. The summed E-state index contributed by atoms with van der Waals surface area (Å²) in [6.45, 7) is 1.81. The first-order valence-corrected chi connectivity index (χ1v) is 6.89. The summed E-state index contributed by atoms with van der Waals surface area (Å²) in [5.74, 6) is 2.12. The van der Waals surface area contributed by atoms with Gasteiger partial charge in [0.25, 0.3) is 0 Å². The number of H-pyrrole nitrogens is 1. The molecule has 0 unspecified atom stereocenters. The number of hydrogen-bond donors (Lipinski definition) is 1. The van der Waals surface area contributed by atoms with Crippen molar-refractivity contribution in [1.82, 2.24) is 15.2 Å². The van der Waals surface area contributed by atoms with Crippen molar-refractivity contribution < 1.29 is 14.3 Å². The number of methoxy groups -OCH3 is 2. The fraction of sp³-hybridized carbons (Fsp3) is 0.308. The van der Waals surface area contributed by atoms with E-state index in [4.69, 9.17) is 9.47 Å². The molecule has 7 heteroatoms. The zero-order chi connectivity index (χ0) is 14.5. The van der Waals surface area contributed by atoms with Crippen LogP contribution in [0.2, 0.25) is 0 Å². The molecule has 0 saturated carbocycles. The average Bonchev–Trinajstić information content (AvgIpc) is 2.89. The lowest BCUT2D eigenvalue weighted by Gasteiger charge is -2.08. The molecule has 1 heterocycles. The molecule has 2 rings (SSSR count). The lowest BCUT2D eigenvalue weighted by molar-refractivity contribution is 0.102. The zero-order valence-electron chi connectivity index (χ0n) is 11.5. The van der Waals surface area contributed by atoms with Crippen LogP contribution in [-0.4, -0.2) is 40.9 Å². The molecule has 0 saturated heterocycles. The van der Waals surface area contributed by atoms with E-state index in [-0.39, 0.29) is 11.5 Å². The monoisotopic (exact) mass is 293 g/mol. The number of ketones is 1. The molecule has 0 aliphatic carbocycles. The standard InChI is InChI=1S/C13H15N3O3S/c1-8-14-13(16-15-8)20-7-10(17)9-4-5-11(18-2)12(6-9)19-3/h4-6H,7H2,1-3H3,(H,14,15,16). The van der Waals surface area contributed by atoms with Crippen LogP contribution in [0.4, 0.5) is 0 Å². The predicted molar refractivity (Wildman–Crippen MR) is 75.7 cm³/mol. The van der Waals surface area contributed by atoms with Crippen LogP contribution < -0.4 is 9.47 Å². The van der Waals surface area contributed by atoms with E-state index in [1.54, 1.807) is 25.3 Å². The largest absolute Gasteiger partial charge is 0.493 e. The quantitative estimate of drug-likeness (QED) is 0.649. The molecule has 1 aromatic carbocycles. The number of benzene rings is 1. The highest BCUT2D eigenvalue weighted by molar-refractivity contribution is 7.99. The molecule has 20 heavy (non-hydrogen) atoms. The van der Waals surface area contributed by atoms with Crippen molar-refractivity contribution in [2.24, 2.45) is 0 Å². The minimum atomic E-state index is -0.0154. The molecule has 0 aliphatic rings. The third kappa shape index (κ3) is 3.30. The molecule has 0 atom stereocenters. The number of thioether (sulfide) groups is 1. The Morgan fingerprint density at radius 2 is 2.05 bits per heavy atom. The van der Waals surface area contributed by atoms with Gasteiger partial charge in [0, 0.05) is 5.56 Å². The Morgan fingerprint density at radius 1 is 1.30 bits per heavy atom. The van der Waals surface area contributed by atoms with Gasteiger partial charge >= 0.3 is 0 Å². The van der Waals surface area contributed by atoms with E-state index >= 15 is 0 Å². The van der Waals surface area contributed by atoms with Crippen LogP contribution in [0.1, 0.15) is 16.2 Å². The number of ether oxygens (including phenoxy) is 2. The fourth-order valence-corrected chi connectivity index (χ4v) is 2.35. The number of nitrogens with zero attached hydrogens (tertiary/aromatic N) is 2. The Kier molecular flexibility index (Phi) is 4.62. The number of nitrogens with one attached hydrogen (secondary N) is 1. The molecule has 0 fully saturated rings. The van der Waals surface area contributed by atoms with E-state index in [1.807, 2.05) is 6.92 Å². The summed E-state index contributed by atoms with van der Waals surface area (Å²) in [7, 11) is 3.10. The Labute approximate surface area is 120 Å². The lowest BCUT2D eigenvalue weighted by atomic mass is 10.1. The summed E-state index contributed by atoms with van der Waals surface area (Å²) in [6, 6.07) is 5.10. The van der Waals surface area contributed by atoms with E-state index in [0.717, 1.165) is 5.82 Å². The first-order chi connectivity index (χ1) is 9.63. The highest BCUT2D eigenvalue weighted by Crippen LogP contribution is 2.28. The van der Waals surface area contributed by atoms with Gasteiger partial charge < -0.3 is 9.47 Å². The normalized spacial score (nSPS) is 10.3. The second-order valence-electron chi connectivity index (χ2n) is 3.99. The molecule has 0 amide bonds. The smallest absolute Gasteiger partial charge is 0.208 e. The number of carbonyl (C=O) groups is 1. The van der Waals surface area contributed by atoms with Crippen LogP contribution in [-0.2, 0) is 0 Å². The predicted octanol–water partition coefficient (Wildman–Crippen LogP) is 2.11. The number of hydrogen-bond acceptors (Lipinski definition) is 6. The van der Waals surface area contributed by atoms with Gasteiger partial charge in [-0.3, -0.25) is 9.89 Å². The first-order valence-electron chi connectivity index (χ1n) is 5.91. The maximum atomic E-state index is 12.1. The summed E-state index contributed by atoms with van der Waals surface area (Å²) in [4.78, 5) is 16.2. The fourth-order valence-electron chi connectivity index (χ4n) is 1.61. The molecule has 0 bridgehead atoms. The third-order valence-corrected chi connectivity index (χ3v) is 3.46. The number of carbonyl (C=O) groups excluding carboxylic acids is 1. The van der Waals surface area contributed by atoms with Crippen molar-refractivity contribution >= 4 is 17.5 Å². The second-order valence-corrected chi connectivity index (χ2v) is 4.93. The van der Waals surface area contributed by atoms with Gasteiger partial charge in [-0.05, 0) is 25.1 Å².